The van der Waals surface area contributed by atoms with Crippen LogP contribution >= 0.6 is 11.6 Å². The summed E-state index contributed by atoms with van der Waals surface area (Å²) in [5.74, 6) is -0.731. The van der Waals surface area contributed by atoms with Crippen molar-refractivity contribution in [3.05, 3.63) is 52.8 Å². The maximum Gasteiger partial charge on any atom is 0.261 e. The third kappa shape index (κ3) is 4.32. The zero-order valence-electron chi connectivity index (χ0n) is 15.2. The van der Waals surface area contributed by atoms with Crippen LogP contribution in [0.15, 0.2) is 46.2 Å². The lowest BCUT2D eigenvalue weighted by atomic mass is 10.2. The third-order valence-corrected chi connectivity index (χ3v) is 8.28. The Balaban J connectivity index is 1.93. The van der Waals surface area contributed by atoms with E-state index < -0.39 is 25.9 Å². The maximum atomic E-state index is 13.3. The van der Waals surface area contributed by atoms with Gasteiger partial charge in [-0.2, -0.15) is 4.31 Å². The molecule has 0 bridgehead atoms. The highest BCUT2D eigenvalue weighted by atomic mass is 35.5. The Morgan fingerprint density at radius 2 is 1.68 bits per heavy atom. The number of nitrogens with zero attached hydrogens (tertiary/aromatic N) is 1. The minimum Gasteiger partial charge on any atom is -0.280 e. The van der Waals surface area contributed by atoms with Crippen molar-refractivity contribution in [2.24, 2.45) is 0 Å². The van der Waals surface area contributed by atoms with Crippen LogP contribution < -0.4 is 4.72 Å². The second-order valence-corrected chi connectivity index (χ2v) is 10.6. The molecule has 0 atom stereocenters. The summed E-state index contributed by atoms with van der Waals surface area (Å²) in [6.07, 6.45) is 2.59. The summed E-state index contributed by atoms with van der Waals surface area (Å²) in [5, 5.41) is -0.319. The third-order valence-electron chi connectivity index (χ3n) is 4.57. The molecule has 0 saturated carbocycles. The number of piperidine rings is 1. The van der Waals surface area contributed by atoms with Gasteiger partial charge in [-0.25, -0.2) is 21.2 Å². The minimum absolute atomic E-state index is 0.0618. The van der Waals surface area contributed by atoms with Gasteiger partial charge in [-0.1, -0.05) is 24.1 Å². The van der Waals surface area contributed by atoms with E-state index in [1.165, 1.54) is 16.4 Å². The molecule has 2 aromatic rings. The average molecular weight is 447 g/mol. The molecule has 0 aliphatic carbocycles. The molecule has 6 nitrogen and oxygen atoms in total. The first-order valence-corrected chi connectivity index (χ1v) is 12.0. The van der Waals surface area contributed by atoms with E-state index >= 15 is 0 Å². The predicted octanol–water partition coefficient (Wildman–Crippen LogP) is 3.76. The lowest BCUT2D eigenvalue weighted by Crippen LogP contribution is -2.36. The topological polar surface area (TPSA) is 83.5 Å². The fraction of sp³-hybridized carbons (Fsp3) is 0.333. The van der Waals surface area contributed by atoms with Crippen LogP contribution in [-0.2, 0) is 20.0 Å². The summed E-state index contributed by atoms with van der Waals surface area (Å²) in [7, 11) is -7.78. The number of nitrogens with one attached hydrogen (secondary N) is 1. The van der Waals surface area contributed by atoms with Crippen molar-refractivity contribution in [2.45, 2.75) is 36.0 Å². The van der Waals surface area contributed by atoms with Gasteiger partial charge in [0.05, 0.1) is 20.5 Å². The van der Waals surface area contributed by atoms with Crippen LogP contribution in [0.3, 0.4) is 0 Å². The van der Waals surface area contributed by atoms with Crippen LogP contribution in [0.25, 0.3) is 0 Å². The first kappa shape index (κ1) is 21.0. The van der Waals surface area contributed by atoms with Crippen LogP contribution in [0.4, 0.5) is 10.1 Å². The zero-order chi connectivity index (χ0) is 20.5. The Labute approximate surface area is 169 Å². The molecule has 0 spiro atoms. The summed E-state index contributed by atoms with van der Waals surface area (Å²) in [4.78, 5) is -0.161. The Morgan fingerprint density at radius 3 is 2.32 bits per heavy atom. The number of halogens is 2. The molecule has 1 saturated heterocycles. The fourth-order valence-electron chi connectivity index (χ4n) is 3.04. The van der Waals surface area contributed by atoms with Crippen LogP contribution in [-0.4, -0.2) is 34.2 Å². The zero-order valence-corrected chi connectivity index (χ0v) is 17.5. The molecule has 1 fully saturated rings. The summed E-state index contributed by atoms with van der Waals surface area (Å²) < 4.78 is 68.1. The number of anilines is 1. The van der Waals surface area contributed by atoms with Gasteiger partial charge < -0.3 is 0 Å². The van der Waals surface area contributed by atoms with Gasteiger partial charge in [-0.15, -0.1) is 0 Å². The standard InChI is InChI=1S/C18H20ClFN2O4S2/c1-13-5-6-14(11-18(13)28(25,26)22-9-3-2-4-10-22)21-27(23,24)15-7-8-17(20)16(19)12-15/h5-8,11-12,21H,2-4,9-10H2,1H3. The van der Waals surface area contributed by atoms with E-state index in [2.05, 4.69) is 4.72 Å². The van der Waals surface area contributed by atoms with Gasteiger partial charge in [0, 0.05) is 13.1 Å². The van der Waals surface area contributed by atoms with Gasteiger partial charge in [0.2, 0.25) is 10.0 Å². The smallest absolute Gasteiger partial charge is 0.261 e. The van der Waals surface area contributed by atoms with Crippen molar-refractivity contribution in [3.8, 4) is 0 Å². The van der Waals surface area contributed by atoms with Crippen molar-refractivity contribution < 1.29 is 21.2 Å². The second kappa shape index (κ2) is 7.98. The van der Waals surface area contributed by atoms with E-state index in [0.29, 0.717) is 18.7 Å². The fourth-order valence-corrected chi connectivity index (χ4v) is 6.13. The van der Waals surface area contributed by atoms with Crippen LogP contribution in [0.5, 0.6) is 0 Å². The Hall–Kier alpha value is -1.68. The van der Waals surface area contributed by atoms with E-state index in [1.807, 2.05) is 0 Å². The summed E-state index contributed by atoms with van der Waals surface area (Å²) in [5.41, 5.74) is 0.625. The normalized spacial score (nSPS) is 16.1. The number of sulfonamides is 2. The number of aryl methyl sites for hydroxylation is 1. The highest BCUT2D eigenvalue weighted by molar-refractivity contribution is 7.92. The molecule has 3 rings (SSSR count). The van der Waals surface area contributed by atoms with Crippen molar-refractivity contribution in [1.29, 1.82) is 0 Å². The van der Waals surface area contributed by atoms with E-state index in [4.69, 9.17) is 11.6 Å². The molecule has 0 amide bonds. The molecule has 28 heavy (non-hydrogen) atoms. The lowest BCUT2D eigenvalue weighted by molar-refractivity contribution is 0.346. The van der Waals surface area contributed by atoms with E-state index in [9.17, 15) is 21.2 Å². The molecule has 1 N–H and O–H groups in total. The molecule has 1 aliphatic heterocycles. The first-order chi connectivity index (χ1) is 13.1. The Kier molecular flexibility index (Phi) is 6.00. The molecule has 10 heteroatoms. The first-order valence-electron chi connectivity index (χ1n) is 8.70. The number of rotatable bonds is 5. The van der Waals surface area contributed by atoms with Crippen LogP contribution in [0.2, 0.25) is 5.02 Å². The van der Waals surface area contributed by atoms with E-state index in [-0.39, 0.29) is 20.5 Å². The molecule has 152 valence electrons. The summed E-state index contributed by atoms with van der Waals surface area (Å²) in [6, 6.07) is 7.38. The summed E-state index contributed by atoms with van der Waals surface area (Å²) >= 11 is 5.66. The average Bonchev–Trinajstić information content (AvgIpc) is 2.66. The van der Waals surface area contributed by atoms with Gasteiger partial charge in [0.25, 0.3) is 10.0 Å². The quantitative estimate of drug-likeness (QED) is 0.757. The van der Waals surface area contributed by atoms with Crippen molar-refractivity contribution >= 4 is 37.3 Å². The molecule has 0 aromatic heterocycles. The summed E-state index contributed by atoms with van der Waals surface area (Å²) in [6.45, 7) is 2.56. The molecule has 2 aromatic carbocycles. The van der Waals surface area contributed by atoms with E-state index in [1.54, 1.807) is 13.0 Å². The number of hydrogen-bond acceptors (Lipinski definition) is 4. The van der Waals surface area contributed by atoms with Gasteiger partial charge in [0.1, 0.15) is 5.82 Å². The maximum absolute atomic E-state index is 13.3. The lowest BCUT2D eigenvalue weighted by Gasteiger charge is -2.26. The van der Waals surface area contributed by atoms with Crippen LogP contribution in [0, 0.1) is 12.7 Å². The Morgan fingerprint density at radius 1 is 1.00 bits per heavy atom. The van der Waals surface area contributed by atoms with Gasteiger partial charge in [-0.3, -0.25) is 4.72 Å². The van der Waals surface area contributed by atoms with Crippen molar-refractivity contribution in [1.82, 2.24) is 4.31 Å². The van der Waals surface area contributed by atoms with Crippen LogP contribution in [0.1, 0.15) is 24.8 Å². The molecule has 0 radical (unpaired) electrons. The highest BCUT2D eigenvalue weighted by Crippen LogP contribution is 2.28. The molecular formula is C18H20ClFN2O4S2. The van der Waals surface area contributed by atoms with E-state index in [0.717, 1.165) is 37.5 Å². The largest absolute Gasteiger partial charge is 0.280 e. The molecule has 0 unspecified atom stereocenters. The monoisotopic (exact) mass is 446 g/mol. The number of benzene rings is 2. The highest BCUT2D eigenvalue weighted by Gasteiger charge is 2.28. The van der Waals surface area contributed by atoms with Gasteiger partial charge >= 0.3 is 0 Å². The van der Waals surface area contributed by atoms with Gasteiger partial charge in [-0.05, 0) is 55.7 Å². The van der Waals surface area contributed by atoms with Gasteiger partial charge in [0.15, 0.2) is 0 Å². The molecular weight excluding hydrogens is 427 g/mol. The molecule has 1 aliphatic rings. The van der Waals surface area contributed by atoms with Crippen molar-refractivity contribution in [3.63, 3.8) is 0 Å². The second-order valence-electron chi connectivity index (χ2n) is 6.63. The predicted molar refractivity (Wildman–Crippen MR) is 106 cm³/mol. The molecule has 1 heterocycles. The number of hydrogen-bond donors (Lipinski definition) is 1. The minimum atomic E-state index is -4.06. The van der Waals surface area contributed by atoms with Crippen molar-refractivity contribution in [2.75, 3.05) is 17.8 Å². The Bertz CT molecular complexity index is 1100. The SMILES string of the molecule is Cc1ccc(NS(=O)(=O)c2ccc(F)c(Cl)c2)cc1S(=O)(=O)N1CCCCC1.